The van der Waals surface area contributed by atoms with E-state index >= 15 is 0 Å². The van der Waals surface area contributed by atoms with Crippen LogP contribution in [0.1, 0.15) is 5.69 Å². The quantitative estimate of drug-likeness (QED) is 0.396. The highest BCUT2D eigenvalue weighted by molar-refractivity contribution is 5.96. The maximum atomic E-state index is 6.03. The molecule has 2 N–H and O–H groups in total. The maximum absolute atomic E-state index is 6.03. The third-order valence-electron chi connectivity index (χ3n) is 5.76. The third kappa shape index (κ3) is 5.59. The number of pyridine rings is 1. The van der Waals surface area contributed by atoms with Crippen LogP contribution in [0.3, 0.4) is 0 Å². The number of hydrogen-bond donors (Lipinski definition) is 2. The first kappa shape index (κ1) is 21.6. The van der Waals surface area contributed by atoms with Crippen molar-refractivity contribution in [1.82, 2.24) is 20.1 Å². The fraction of sp³-hybridized carbons (Fsp3) is 0.435. The van der Waals surface area contributed by atoms with Gasteiger partial charge in [-0.15, -0.1) is 0 Å². The lowest BCUT2D eigenvalue weighted by Crippen LogP contribution is -2.38. The number of benzene rings is 1. The lowest BCUT2D eigenvalue weighted by molar-refractivity contribution is 0.0320. The van der Waals surface area contributed by atoms with Crippen LogP contribution in [-0.2, 0) is 9.47 Å². The van der Waals surface area contributed by atoms with Crippen molar-refractivity contribution in [3.63, 3.8) is 0 Å². The summed E-state index contributed by atoms with van der Waals surface area (Å²) in [7, 11) is 0. The molecule has 0 radical (unpaired) electrons. The molecular weight excluding hydrogens is 422 g/mol. The summed E-state index contributed by atoms with van der Waals surface area (Å²) >= 11 is 0. The van der Waals surface area contributed by atoms with Crippen LogP contribution >= 0.6 is 0 Å². The van der Waals surface area contributed by atoms with Crippen molar-refractivity contribution in [3.05, 3.63) is 42.1 Å². The van der Waals surface area contributed by atoms with Gasteiger partial charge in [-0.25, -0.2) is 0 Å². The number of morpholine rings is 2. The number of aromatic nitrogens is 3. The minimum absolute atomic E-state index is 0.572. The molecular formula is C23H29N7O3. The number of anilines is 2. The van der Waals surface area contributed by atoms with Crippen molar-refractivity contribution < 1.29 is 14.2 Å². The number of hydrogen-bond acceptors (Lipinski definition) is 9. The molecule has 2 aliphatic heterocycles. The van der Waals surface area contributed by atoms with Crippen molar-refractivity contribution in [2.45, 2.75) is 0 Å². The third-order valence-corrected chi connectivity index (χ3v) is 5.76. The molecule has 0 amide bonds. The molecule has 174 valence electrons. The Morgan fingerprint density at radius 2 is 1.85 bits per heavy atom. The summed E-state index contributed by atoms with van der Waals surface area (Å²) in [5, 5.41) is 12.8. The van der Waals surface area contributed by atoms with E-state index in [0.717, 1.165) is 74.0 Å². The summed E-state index contributed by atoms with van der Waals surface area (Å²) in [5.74, 6) is 1.43. The standard InChI is InChI=1S/C23H29N7O3/c1-2-4-20-19(3-1)21(28-27-20)17-24-26-18-15-22(30-8-12-32-13-9-30)25-23(16-18)33-14-7-29-5-10-31-11-6-29/h1-4,15-17H,5-14H2,(H,25,26)(H,27,28)/b24-17+. The van der Waals surface area contributed by atoms with Gasteiger partial charge in [0.2, 0.25) is 5.88 Å². The van der Waals surface area contributed by atoms with Gasteiger partial charge in [-0.1, -0.05) is 18.2 Å². The Bertz CT molecular complexity index is 1070. The van der Waals surface area contributed by atoms with Gasteiger partial charge in [-0.3, -0.25) is 15.4 Å². The number of rotatable bonds is 8. The van der Waals surface area contributed by atoms with Crippen LogP contribution in [0, 0.1) is 0 Å². The largest absolute Gasteiger partial charge is 0.476 e. The first-order valence-electron chi connectivity index (χ1n) is 11.3. The highest BCUT2D eigenvalue weighted by Crippen LogP contribution is 2.24. The Kier molecular flexibility index (Phi) is 6.95. The van der Waals surface area contributed by atoms with E-state index in [4.69, 9.17) is 19.2 Å². The highest BCUT2D eigenvalue weighted by Gasteiger charge is 2.15. The van der Waals surface area contributed by atoms with Gasteiger partial charge in [0.05, 0.1) is 49.5 Å². The Hall–Kier alpha value is -3.21. The molecule has 0 spiro atoms. The first-order chi connectivity index (χ1) is 16.3. The summed E-state index contributed by atoms with van der Waals surface area (Å²) < 4.78 is 16.9. The number of hydrazone groups is 1. The summed E-state index contributed by atoms with van der Waals surface area (Å²) in [6.45, 7) is 7.84. The monoisotopic (exact) mass is 451 g/mol. The second-order valence-corrected chi connectivity index (χ2v) is 7.98. The van der Waals surface area contributed by atoms with Crippen LogP contribution in [0.2, 0.25) is 0 Å². The van der Waals surface area contributed by atoms with Gasteiger partial charge in [0.25, 0.3) is 0 Å². The van der Waals surface area contributed by atoms with E-state index in [-0.39, 0.29) is 0 Å². The van der Waals surface area contributed by atoms with Gasteiger partial charge in [0.15, 0.2) is 0 Å². The van der Waals surface area contributed by atoms with Crippen molar-refractivity contribution in [1.29, 1.82) is 0 Å². The van der Waals surface area contributed by atoms with Gasteiger partial charge >= 0.3 is 0 Å². The summed E-state index contributed by atoms with van der Waals surface area (Å²) in [6.07, 6.45) is 1.74. The van der Waals surface area contributed by atoms with Crippen LogP contribution in [-0.4, -0.2) is 92.1 Å². The lowest BCUT2D eigenvalue weighted by Gasteiger charge is -2.28. The molecule has 2 aromatic heterocycles. The number of nitrogens with one attached hydrogen (secondary N) is 2. The summed E-state index contributed by atoms with van der Waals surface area (Å²) in [5.41, 5.74) is 5.70. The molecule has 1 aromatic carbocycles. The molecule has 33 heavy (non-hydrogen) atoms. The predicted molar refractivity (Wildman–Crippen MR) is 127 cm³/mol. The zero-order valence-corrected chi connectivity index (χ0v) is 18.6. The SMILES string of the molecule is C(=N\Nc1cc(OCCN2CCOCC2)nc(N2CCOCC2)c1)/c1[nH]nc2ccccc12. The predicted octanol–water partition coefficient (Wildman–Crippen LogP) is 1.95. The molecule has 4 heterocycles. The highest BCUT2D eigenvalue weighted by atomic mass is 16.5. The second kappa shape index (κ2) is 10.6. The Morgan fingerprint density at radius 1 is 1.06 bits per heavy atom. The number of para-hydroxylation sites is 1. The number of fused-ring (bicyclic) bond motifs is 1. The van der Waals surface area contributed by atoms with Crippen molar-refractivity contribution in [2.75, 3.05) is 76.1 Å². The summed E-state index contributed by atoms with van der Waals surface area (Å²) in [4.78, 5) is 9.28. The van der Waals surface area contributed by atoms with E-state index in [1.807, 2.05) is 36.4 Å². The molecule has 10 nitrogen and oxygen atoms in total. The molecule has 5 rings (SSSR count). The fourth-order valence-corrected chi connectivity index (χ4v) is 3.94. The zero-order valence-electron chi connectivity index (χ0n) is 18.6. The minimum Gasteiger partial charge on any atom is -0.476 e. The van der Waals surface area contributed by atoms with Crippen LogP contribution in [0.5, 0.6) is 5.88 Å². The average molecular weight is 452 g/mol. The zero-order chi connectivity index (χ0) is 22.3. The summed E-state index contributed by atoms with van der Waals surface area (Å²) in [6, 6.07) is 11.8. The van der Waals surface area contributed by atoms with Gasteiger partial charge in [0, 0.05) is 50.2 Å². The number of nitrogens with zero attached hydrogens (tertiary/aromatic N) is 5. The molecule has 3 aromatic rings. The minimum atomic E-state index is 0.572. The molecule has 2 fully saturated rings. The van der Waals surface area contributed by atoms with Crippen LogP contribution < -0.4 is 15.1 Å². The molecule has 0 saturated carbocycles. The molecule has 2 aliphatic rings. The number of H-pyrrole nitrogens is 1. The lowest BCUT2D eigenvalue weighted by atomic mass is 10.2. The van der Waals surface area contributed by atoms with Gasteiger partial charge < -0.3 is 19.1 Å². The normalized spacial score (nSPS) is 17.6. The van der Waals surface area contributed by atoms with Crippen molar-refractivity contribution >= 4 is 28.6 Å². The van der Waals surface area contributed by atoms with Gasteiger partial charge in [-0.05, 0) is 6.07 Å². The maximum Gasteiger partial charge on any atom is 0.217 e. The molecule has 10 heteroatoms. The topological polar surface area (TPSA) is 100 Å². The van der Waals surface area contributed by atoms with Crippen molar-refractivity contribution in [2.24, 2.45) is 5.10 Å². The fourth-order valence-electron chi connectivity index (χ4n) is 3.94. The van der Waals surface area contributed by atoms with E-state index in [1.165, 1.54) is 0 Å². The van der Waals surface area contributed by atoms with Crippen LogP contribution in [0.15, 0.2) is 41.5 Å². The van der Waals surface area contributed by atoms with E-state index < -0.39 is 0 Å². The van der Waals surface area contributed by atoms with Gasteiger partial charge in [-0.2, -0.15) is 15.2 Å². The van der Waals surface area contributed by atoms with E-state index in [1.54, 1.807) is 6.21 Å². The molecule has 0 unspecified atom stereocenters. The first-order valence-corrected chi connectivity index (χ1v) is 11.3. The number of ether oxygens (including phenoxy) is 3. The van der Waals surface area contributed by atoms with Crippen molar-refractivity contribution in [3.8, 4) is 5.88 Å². The Morgan fingerprint density at radius 3 is 2.70 bits per heavy atom. The van der Waals surface area contributed by atoms with E-state index in [9.17, 15) is 0 Å². The molecule has 0 aliphatic carbocycles. The molecule has 0 atom stereocenters. The van der Waals surface area contributed by atoms with Crippen LogP contribution in [0.25, 0.3) is 10.9 Å². The second-order valence-electron chi connectivity index (χ2n) is 7.98. The van der Waals surface area contributed by atoms with Gasteiger partial charge in [0.1, 0.15) is 12.4 Å². The average Bonchev–Trinajstić information content (AvgIpc) is 3.28. The molecule has 0 bridgehead atoms. The number of aromatic amines is 1. The Balaban J connectivity index is 1.28. The smallest absolute Gasteiger partial charge is 0.217 e. The van der Waals surface area contributed by atoms with Crippen LogP contribution in [0.4, 0.5) is 11.5 Å². The van der Waals surface area contributed by atoms with E-state index in [2.05, 4.69) is 30.5 Å². The van der Waals surface area contributed by atoms with E-state index in [0.29, 0.717) is 25.7 Å². The molecule has 2 saturated heterocycles. The Labute approximate surface area is 192 Å².